The fourth-order valence-electron chi connectivity index (χ4n) is 3.38. The Hall–Kier alpha value is -3.65. The number of phosphoric ester groups is 1. The maximum absolute atomic E-state index is 13.6. The summed E-state index contributed by atoms with van der Waals surface area (Å²) >= 11 is 0. The van der Waals surface area contributed by atoms with Crippen LogP contribution >= 0.6 is 7.82 Å². The quantitative estimate of drug-likeness (QED) is 0.207. The van der Waals surface area contributed by atoms with Crippen LogP contribution in [0.25, 0.3) is 0 Å². The van der Waals surface area contributed by atoms with Gasteiger partial charge in [0.05, 0.1) is 20.3 Å². The monoisotopic (exact) mass is 555 g/mol. The van der Waals surface area contributed by atoms with Gasteiger partial charge in [-0.1, -0.05) is 72.8 Å². The Morgan fingerprint density at radius 1 is 0.795 bits per heavy atom. The second-order valence-corrected chi connectivity index (χ2v) is 11.2. The van der Waals surface area contributed by atoms with Gasteiger partial charge < -0.3 is 19.3 Å². The highest BCUT2D eigenvalue weighted by Crippen LogP contribution is 2.51. The van der Waals surface area contributed by atoms with Crippen LogP contribution in [-0.2, 0) is 47.5 Å². The number of rotatable bonds is 12. The van der Waals surface area contributed by atoms with E-state index in [1.165, 1.54) is 7.11 Å². The van der Waals surface area contributed by atoms with E-state index < -0.39 is 31.5 Å². The first-order valence-electron chi connectivity index (χ1n) is 12.4. The molecule has 9 nitrogen and oxygen atoms in total. The van der Waals surface area contributed by atoms with Gasteiger partial charge in [0, 0.05) is 6.42 Å². The van der Waals surface area contributed by atoms with Gasteiger partial charge in [0.2, 0.25) is 0 Å². The number of ether oxygens (including phenoxy) is 2. The molecule has 0 saturated carbocycles. The lowest BCUT2D eigenvalue weighted by molar-refractivity contribution is -0.143. The van der Waals surface area contributed by atoms with Crippen molar-refractivity contribution in [2.24, 2.45) is 0 Å². The summed E-state index contributed by atoms with van der Waals surface area (Å²) < 4.78 is 40.7. The summed E-state index contributed by atoms with van der Waals surface area (Å²) in [4.78, 5) is 24.5. The molecule has 0 unspecified atom stereocenters. The molecule has 0 radical (unpaired) electrons. The van der Waals surface area contributed by atoms with Crippen LogP contribution in [0.15, 0.2) is 84.9 Å². The molecule has 0 bridgehead atoms. The van der Waals surface area contributed by atoms with Crippen LogP contribution in [0.4, 0.5) is 4.79 Å². The van der Waals surface area contributed by atoms with Crippen molar-refractivity contribution < 1.29 is 37.2 Å². The van der Waals surface area contributed by atoms with Crippen molar-refractivity contribution >= 4 is 19.9 Å². The molecule has 39 heavy (non-hydrogen) atoms. The topological polar surface area (TPSA) is 109 Å². The zero-order valence-electron chi connectivity index (χ0n) is 22.5. The molecule has 1 amide bonds. The Labute approximate surface area is 229 Å². The minimum Gasteiger partial charge on any atom is -0.467 e. The van der Waals surface area contributed by atoms with Gasteiger partial charge in [-0.05, 0) is 49.6 Å². The third kappa shape index (κ3) is 10.6. The van der Waals surface area contributed by atoms with E-state index in [1.807, 2.05) is 60.7 Å². The number of nitrogens with one attached hydrogen (secondary N) is 1. The van der Waals surface area contributed by atoms with E-state index in [4.69, 9.17) is 23.0 Å². The van der Waals surface area contributed by atoms with E-state index in [0.29, 0.717) is 5.56 Å². The van der Waals surface area contributed by atoms with Crippen molar-refractivity contribution in [3.05, 3.63) is 102 Å². The summed E-state index contributed by atoms with van der Waals surface area (Å²) in [5.74, 6) is -0.368. The number of alkyl carbamates (subject to hydrolysis) is 1. The molecule has 0 aliphatic rings. The normalized spacial score (nSPS) is 12.3. The van der Waals surface area contributed by atoms with Crippen molar-refractivity contribution in [2.75, 3.05) is 7.11 Å². The zero-order valence-corrected chi connectivity index (χ0v) is 23.4. The van der Waals surface area contributed by atoms with Gasteiger partial charge in [-0.15, -0.1) is 0 Å². The van der Waals surface area contributed by atoms with E-state index in [0.717, 1.165) is 11.1 Å². The van der Waals surface area contributed by atoms with Gasteiger partial charge in [0.15, 0.2) is 0 Å². The van der Waals surface area contributed by atoms with Crippen LogP contribution in [0.3, 0.4) is 0 Å². The fraction of sp³-hybridized carbons (Fsp3) is 0.310. The van der Waals surface area contributed by atoms with E-state index in [2.05, 4.69) is 5.32 Å². The van der Waals surface area contributed by atoms with Gasteiger partial charge in [0.25, 0.3) is 0 Å². The molecule has 3 rings (SSSR count). The average Bonchev–Trinajstić information content (AvgIpc) is 2.91. The largest absolute Gasteiger partial charge is 0.530 e. The smallest absolute Gasteiger partial charge is 0.467 e. The van der Waals surface area contributed by atoms with Crippen molar-refractivity contribution in [1.82, 2.24) is 5.32 Å². The Kier molecular flexibility index (Phi) is 10.7. The third-order valence-electron chi connectivity index (χ3n) is 5.22. The molecule has 3 aromatic rings. The molecule has 0 aromatic heterocycles. The number of hydrogen-bond donors (Lipinski definition) is 1. The summed E-state index contributed by atoms with van der Waals surface area (Å²) in [5.41, 5.74) is 1.60. The molecular formula is C29H34NO8P. The van der Waals surface area contributed by atoms with Crippen LogP contribution in [0.5, 0.6) is 5.75 Å². The summed E-state index contributed by atoms with van der Waals surface area (Å²) in [5, 5.41) is 2.54. The van der Waals surface area contributed by atoms with Crippen molar-refractivity contribution in [3.63, 3.8) is 0 Å². The fourth-order valence-corrected chi connectivity index (χ4v) is 4.56. The second kappa shape index (κ2) is 13.9. The van der Waals surface area contributed by atoms with Gasteiger partial charge >= 0.3 is 19.9 Å². The molecule has 0 spiro atoms. The maximum Gasteiger partial charge on any atom is 0.530 e. The van der Waals surface area contributed by atoms with Crippen LogP contribution in [0.2, 0.25) is 0 Å². The highest BCUT2D eigenvalue weighted by atomic mass is 31.2. The van der Waals surface area contributed by atoms with Crippen molar-refractivity contribution in [1.29, 1.82) is 0 Å². The standard InChI is InChI=1S/C29H34NO8P/c1-29(2,3)37-28(32)30-26(27(31)34-4)19-22-15-17-25(18-16-22)38-39(33,35-20-23-11-7-5-8-12-23)36-21-24-13-9-6-10-14-24/h5-18,26H,19-21H2,1-4H3,(H,30,32)/t26-/m0/s1. The summed E-state index contributed by atoms with van der Waals surface area (Å²) in [6.07, 6.45) is -0.594. The predicted molar refractivity (Wildman–Crippen MR) is 146 cm³/mol. The number of amides is 1. The number of carbonyl (C=O) groups is 2. The van der Waals surface area contributed by atoms with Crippen molar-refractivity contribution in [2.45, 2.75) is 52.0 Å². The van der Waals surface area contributed by atoms with E-state index in [1.54, 1.807) is 45.0 Å². The zero-order chi connectivity index (χ0) is 28.3. The number of hydrogen-bond acceptors (Lipinski definition) is 8. The summed E-state index contributed by atoms with van der Waals surface area (Å²) in [6.45, 7) is 5.24. The third-order valence-corrected chi connectivity index (χ3v) is 6.55. The van der Waals surface area contributed by atoms with E-state index >= 15 is 0 Å². The summed E-state index contributed by atoms with van der Waals surface area (Å²) in [7, 11) is -2.78. The lowest BCUT2D eigenvalue weighted by Crippen LogP contribution is -2.45. The second-order valence-electron chi connectivity index (χ2n) is 9.63. The maximum atomic E-state index is 13.6. The molecule has 10 heteroatoms. The Balaban J connectivity index is 1.69. The van der Waals surface area contributed by atoms with Crippen LogP contribution < -0.4 is 9.84 Å². The molecule has 1 N–H and O–H groups in total. The van der Waals surface area contributed by atoms with Gasteiger partial charge in [-0.25, -0.2) is 14.2 Å². The van der Waals surface area contributed by atoms with E-state index in [9.17, 15) is 14.2 Å². The van der Waals surface area contributed by atoms with Gasteiger partial charge in [-0.2, -0.15) is 0 Å². The molecule has 0 fully saturated rings. The number of phosphoric acid groups is 1. The lowest BCUT2D eigenvalue weighted by atomic mass is 10.1. The highest BCUT2D eigenvalue weighted by molar-refractivity contribution is 7.48. The SMILES string of the molecule is COC(=O)[C@H](Cc1ccc(OP(=O)(OCc2ccccc2)OCc2ccccc2)cc1)NC(=O)OC(C)(C)C. The van der Waals surface area contributed by atoms with E-state index in [-0.39, 0.29) is 25.4 Å². The van der Waals surface area contributed by atoms with Crippen molar-refractivity contribution in [3.8, 4) is 5.75 Å². The molecule has 0 aliphatic carbocycles. The summed E-state index contributed by atoms with van der Waals surface area (Å²) in [6, 6.07) is 24.1. The molecule has 0 saturated heterocycles. The molecule has 0 heterocycles. The molecular weight excluding hydrogens is 521 g/mol. The molecule has 208 valence electrons. The number of benzene rings is 3. The Morgan fingerprint density at radius 2 is 1.31 bits per heavy atom. The molecule has 3 aromatic carbocycles. The lowest BCUT2D eigenvalue weighted by Gasteiger charge is -2.22. The van der Waals surface area contributed by atoms with Gasteiger partial charge in [-0.3, -0.25) is 9.05 Å². The van der Waals surface area contributed by atoms with Crippen LogP contribution in [0.1, 0.15) is 37.5 Å². The number of esters is 1. The average molecular weight is 556 g/mol. The Morgan fingerprint density at radius 3 is 1.77 bits per heavy atom. The van der Waals surface area contributed by atoms with Crippen LogP contribution in [0, 0.1) is 0 Å². The molecule has 1 atom stereocenters. The number of carbonyl (C=O) groups excluding carboxylic acids is 2. The first kappa shape index (κ1) is 29.9. The van der Waals surface area contributed by atoms with Crippen LogP contribution in [-0.4, -0.2) is 30.8 Å². The van der Waals surface area contributed by atoms with Gasteiger partial charge in [0.1, 0.15) is 17.4 Å². The molecule has 0 aliphatic heterocycles. The first-order chi connectivity index (χ1) is 18.5. The highest BCUT2D eigenvalue weighted by Gasteiger charge is 2.30. The number of methoxy groups -OCH3 is 1. The minimum atomic E-state index is -4.02. The predicted octanol–water partition coefficient (Wildman–Crippen LogP) is 6.22. The Bertz CT molecular complexity index is 1200. The first-order valence-corrected chi connectivity index (χ1v) is 13.8. The minimum absolute atomic E-state index is 0.0299.